The Morgan fingerprint density at radius 1 is 1.25 bits per heavy atom. The van der Waals surface area contributed by atoms with Crippen LogP contribution < -0.4 is 20.9 Å². The second kappa shape index (κ2) is 9.15. The van der Waals surface area contributed by atoms with Crippen molar-refractivity contribution in [3.63, 3.8) is 0 Å². The number of hydrogen-bond donors (Lipinski definition) is 4. The van der Waals surface area contributed by atoms with Gasteiger partial charge in [-0.25, -0.2) is 13.1 Å². The van der Waals surface area contributed by atoms with E-state index in [1.807, 2.05) is 20.8 Å². The molecular formula is C22H26N5O6PS2. The fourth-order valence-electron chi connectivity index (χ4n) is 3.56. The summed E-state index contributed by atoms with van der Waals surface area (Å²) in [6, 6.07) is 7.53. The van der Waals surface area contributed by atoms with Gasteiger partial charge in [0.2, 0.25) is 10.0 Å². The third-order valence-electron chi connectivity index (χ3n) is 5.30. The van der Waals surface area contributed by atoms with E-state index in [9.17, 15) is 27.8 Å². The summed E-state index contributed by atoms with van der Waals surface area (Å²) in [6.45, 7) is 6.34. The van der Waals surface area contributed by atoms with E-state index >= 15 is 0 Å². The maximum Gasteiger partial charge on any atom is 0.346 e. The van der Waals surface area contributed by atoms with Crippen LogP contribution in [0.5, 0.6) is 5.75 Å². The van der Waals surface area contributed by atoms with Gasteiger partial charge in [0.1, 0.15) is 11.3 Å². The molecule has 3 heterocycles. The number of fused-ring (bicyclic) bond motifs is 1. The molecular weight excluding hydrogens is 525 g/mol. The van der Waals surface area contributed by atoms with E-state index in [1.165, 1.54) is 34.2 Å². The summed E-state index contributed by atoms with van der Waals surface area (Å²) >= 11 is 1.32. The van der Waals surface area contributed by atoms with Crippen molar-refractivity contribution in [2.24, 2.45) is 10.2 Å². The Balaban J connectivity index is 1.86. The van der Waals surface area contributed by atoms with Gasteiger partial charge in [0, 0.05) is 12.2 Å². The quantitative estimate of drug-likeness (QED) is 0.340. The number of nitrogens with zero attached hydrogens (tertiary/aromatic N) is 3. The summed E-state index contributed by atoms with van der Waals surface area (Å²) in [4.78, 5) is 24.8. The van der Waals surface area contributed by atoms with Gasteiger partial charge >= 0.3 is 7.52 Å². The highest BCUT2D eigenvalue weighted by Crippen LogP contribution is 2.47. The van der Waals surface area contributed by atoms with Crippen LogP contribution in [-0.2, 0) is 21.1 Å². The highest BCUT2D eigenvalue weighted by Gasteiger charge is 2.34. The number of aromatic hydroxyl groups is 1. The number of amidine groups is 1. The van der Waals surface area contributed by atoms with Gasteiger partial charge in [0.05, 0.1) is 22.1 Å². The average Bonchev–Trinajstić information content (AvgIpc) is 3.26. The van der Waals surface area contributed by atoms with E-state index in [4.69, 9.17) is 0 Å². The molecule has 4 N–H and O–H groups in total. The summed E-state index contributed by atoms with van der Waals surface area (Å²) in [5, 5.41) is 20.0. The second-order valence-corrected chi connectivity index (χ2v) is 14.1. The first-order valence-corrected chi connectivity index (χ1v) is 15.2. The maximum absolute atomic E-state index is 13.4. The summed E-state index contributed by atoms with van der Waals surface area (Å²) in [5.41, 5.74) is -0.644. The van der Waals surface area contributed by atoms with Gasteiger partial charge in [-0.2, -0.15) is 9.86 Å². The molecule has 11 nitrogen and oxygen atoms in total. The van der Waals surface area contributed by atoms with Gasteiger partial charge < -0.3 is 15.3 Å². The summed E-state index contributed by atoms with van der Waals surface area (Å²) in [6.07, 6.45) is 1.58. The highest BCUT2D eigenvalue weighted by atomic mass is 32.2. The van der Waals surface area contributed by atoms with Crippen molar-refractivity contribution >= 4 is 51.4 Å². The minimum absolute atomic E-state index is 0.0854. The Bertz CT molecular complexity index is 1570. The Morgan fingerprint density at radius 2 is 1.97 bits per heavy atom. The highest BCUT2D eigenvalue weighted by molar-refractivity contribution is 7.92. The van der Waals surface area contributed by atoms with Gasteiger partial charge in [0.25, 0.3) is 5.56 Å². The molecule has 0 aliphatic carbocycles. The lowest BCUT2D eigenvalue weighted by molar-refractivity contribution is 0.335. The van der Waals surface area contributed by atoms with Crippen LogP contribution in [0.1, 0.15) is 32.8 Å². The molecule has 1 atom stereocenters. The molecule has 0 saturated carbocycles. The largest absolute Gasteiger partial charge is 0.505 e. The fourth-order valence-corrected chi connectivity index (χ4v) is 6.10. The molecule has 0 amide bonds. The molecule has 2 aromatic heterocycles. The Morgan fingerprint density at radius 3 is 2.58 bits per heavy atom. The van der Waals surface area contributed by atoms with Crippen LogP contribution in [0.2, 0.25) is 0 Å². The molecule has 1 aliphatic rings. The van der Waals surface area contributed by atoms with Crippen molar-refractivity contribution in [1.29, 1.82) is 0 Å². The van der Waals surface area contributed by atoms with E-state index in [-0.39, 0.29) is 45.7 Å². The lowest BCUT2D eigenvalue weighted by atomic mass is 9.92. The third-order valence-corrected chi connectivity index (χ3v) is 8.25. The molecule has 3 aromatic rings. The van der Waals surface area contributed by atoms with Crippen LogP contribution in [0.3, 0.4) is 0 Å². The van der Waals surface area contributed by atoms with E-state index < -0.39 is 28.9 Å². The third kappa shape index (κ3) is 5.54. The van der Waals surface area contributed by atoms with Crippen molar-refractivity contribution in [1.82, 2.24) is 9.78 Å². The first-order chi connectivity index (χ1) is 16.6. The predicted molar refractivity (Wildman–Crippen MR) is 142 cm³/mol. The standard InChI is InChI=1S/C22H26N5O6PS2/c1-22(2,3)9-10-27-21(29)17(19(28)18(24-27)16-6-5-11-35-16)20-23-14-8-7-13(26-36(4,32)33)12-15(14)34(30,31)25-20/h5-8,11-12,26,28H,9-10H2,1-4H3,(H2,23,25,30,31). The number of benzene rings is 1. The number of thiophene rings is 1. The Labute approximate surface area is 212 Å². The van der Waals surface area contributed by atoms with Gasteiger partial charge in [-0.05, 0) is 41.5 Å². The molecule has 14 heteroatoms. The van der Waals surface area contributed by atoms with Crippen LogP contribution in [0.15, 0.2) is 45.3 Å². The average molecular weight is 552 g/mol. The van der Waals surface area contributed by atoms with Gasteiger partial charge in [0.15, 0.2) is 11.6 Å². The van der Waals surface area contributed by atoms with E-state index in [0.717, 1.165) is 6.26 Å². The maximum atomic E-state index is 13.4. The summed E-state index contributed by atoms with van der Waals surface area (Å²) < 4.78 is 43.7. The fraction of sp³-hybridized carbons (Fsp3) is 0.318. The van der Waals surface area contributed by atoms with Crippen LogP contribution in [0.4, 0.5) is 11.4 Å². The monoisotopic (exact) mass is 551 g/mol. The van der Waals surface area contributed by atoms with Crippen molar-refractivity contribution in [3.05, 3.63) is 51.6 Å². The molecule has 192 valence electrons. The van der Waals surface area contributed by atoms with E-state index in [1.54, 1.807) is 17.5 Å². The van der Waals surface area contributed by atoms with Crippen LogP contribution >= 0.6 is 18.9 Å². The van der Waals surface area contributed by atoms with Gasteiger partial charge in [-0.3, -0.25) is 14.1 Å². The zero-order valence-corrected chi connectivity index (χ0v) is 22.5. The number of aromatic nitrogens is 2. The normalized spacial score (nSPS) is 17.8. The smallest absolute Gasteiger partial charge is 0.346 e. The van der Waals surface area contributed by atoms with Crippen molar-refractivity contribution < 1.29 is 23.0 Å². The lowest BCUT2D eigenvalue weighted by Crippen LogP contribution is -2.35. The minimum Gasteiger partial charge on any atom is -0.505 e. The van der Waals surface area contributed by atoms with Crippen molar-refractivity contribution in [3.8, 4) is 16.3 Å². The number of hydrogen-bond acceptors (Lipinski definition) is 8. The minimum atomic E-state index is -4.45. The van der Waals surface area contributed by atoms with E-state index in [2.05, 4.69) is 19.9 Å². The Hall–Kier alpha value is -2.99. The molecule has 0 radical (unpaired) electrons. The molecule has 1 unspecified atom stereocenters. The number of aryl methyl sites for hydroxylation is 1. The number of anilines is 2. The van der Waals surface area contributed by atoms with Gasteiger partial charge in [-0.15, -0.1) is 11.3 Å². The first kappa shape index (κ1) is 26.1. The van der Waals surface area contributed by atoms with Crippen LogP contribution in [0.25, 0.3) is 10.6 Å². The Kier molecular flexibility index (Phi) is 6.63. The summed E-state index contributed by atoms with van der Waals surface area (Å²) in [7, 11) is -8.06. The number of rotatable bonds is 6. The summed E-state index contributed by atoms with van der Waals surface area (Å²) in [5.74, 6) is -0.733. The van der Waals surface area contributed by atoms with Crippen LogP contribution in [0, 0.1) is 5.41 Å². The van der Waals surface area contributed by atoms with Crippen LogP contribution in [-0.4, -0.2) is 40.3 Å². The molecule has 1 aromatic carbocycles. The van der Waals surface area contributed by atoms with E-state index in [0.29, 0.717) is 11.3 Å². The molecule has 0 fully saturated rings. The van der Waals surface area contributed by atoms with Gasteiger partial charge in [-0.1, -0.05) is 26.8 Å². The molecule has 4 rings (SSSR count). The molecule has 36 heavy (non-hydrogen) atoms. The zero-order valence-electron chi connectivity index (χ0n) is 20.0. The molecule has 0 spiro atoms. The molecule has 0 bridgehead atoms. The first-order valence-electron chi connectivity index (χ1n) is 10.9. The predicted octanol–water partition coefficient (Wildman–Crippen LogP) is 3.17. The number of sulfonamides is 1. The zero-order chi connectivity index (χ0) is 26.5. The molecule has 1 aliphatic heterocycles. The molecule has 0 saturated heterocycles. The van der Waals surface area contributed by atoms with Crippen molar-refractivity contribution in [2.45, 2.75) is 33.7 Å². The topological polar surface area (TPSA) is 163 Å². The van der Waals surface area contributed by atoms with Crippen molar-refractivity contribution in [2.75, 3.05) is 16.3 Å². The number of nitrogens with one attached hydrogen (secondary N) is 2. The SMILES string of the molecule is CC(C)(C)CCn1nc(-c2cccs2)c(O)c(C2=NP(=O)(O)c3cc(NS(C)(=O)=O)ccc3N2)c1=O. The second-order valence-electron chi connectivity index (χ2n) is 9.61. The lowest BCUT2D eigenvalue weighted by Gasteiger charge is -2.24.